The Kier molecular flexibility index (Phi) is 6.33. The number of nitrogens with one attached hydrogen (secondary N) is 1. The highest BCUT2D eigenvalue weighted by atomic mass is 16.5. The van der Waals surface area contributed by atoms with Crippen LogP contribution in [0, 0.1) is 0 Å². The molecule has 0 aliphatic carbocycles. The van der Waals surface area contributed by atoms with Crippen molar-refractivity contribution in [1.29, 1.82) is 0 Å². The second-order valence-electron chi connectivity index (χ2n) is 6.45. The number of hydrogen-bond donors (Lipinski definition) is 2. The number of fused-ring (bicyclic) bond motifs is 1. The van der Waals surface area contributed by atoms with Crippen LogP contribution < -0.4 is 10.1 Å². The van der Waals surface area contributed by atoms with Gasteiger partial charge in [-0.2, -0.15) is 9.67 Å². The summed E-state index contributed by atoms with van der Waals surface area (Å²) in [6, 6.07) is 8.00. The molecule has 2 aromatic heterocycles. The van der Waals surface area contributed by atoms with Gasteiger partial charge in [-0.1, -0.05) is 5.21 Å². The first-order valence-corrected chi connectivity index (χ1v) is 8.90. The number of likely N-dealkylation sites (N-methyl/N-ethyl adjacent to an activating group) is 1. The van der Waals surface area contributed by atoms with E-state index in [1.54, 1.807) is 18.0 Å². The van der Waals surface area contributed by atoms with E-state index in [1.165, 1.54) is 6.42 Å². The Morgan fingerprint density at radius 3 is 2.75 bits per heavy atom. The lowest BCUT2D eigenvalue weighted by molar-refractivity contribution is -0.122. The average Bonchev–Trinajstić information content (AvgIpc) is 3.12. The number of carboxylic acid groups (broad SMARTS) is 1. The number of likely N-dealkylation sites (tertiary alicyclic amines) is 1. The Morgan fingerprint density at radius 2 is 2.07 bits per heavy atom. The minimum atomic E-state index is -0.250. The lowest BCUT2D eigenvalue weighted by Gasteiger charge is -2.30. The number of benzene rings is 1. The normalized spacial score (nSPS) is 16.9. The van der Waals surface area contributed by atoms with Gasteiger partial charge in [0.15, 0.2) is 11.2 Å². The van der Waals surface area contributed by atoms with Gasteiger partial charge < -0.3 is 20.1 Å². The van der Waals surface area contributed by atoms with E-state index < -0.39 is 0 Å². The van der Waals surface area contributed by atoms with Crippen LogP contribution in [0.4, 0.5) is 5.95 Å². The van der Waals surface area contributed by atoms with Crippen LogP contribution in [0.2, 0.25) is 0 Å². The van der Waals surface area contributed by atoms with Crippen molar-refractivity contribution < 1.29 is 14.6 Å². The molecule has 1 fully saturated rings. The minimum absolute atomic E-state index is 0.250. The van der Waals surface area contributed by atoms with E-state index in [0.29, 0.717) is 23.2 Å². The summed E-state index contributed by atoms with van der Waals surface area (Å²) in [5.41, 5.74) is 2.24. The highest BCUT2D eigenvalue weighted by Gasteiger charge is 2.18. The first kappa shape index (κ1) is 19.5. The van der Waals surface area contributed by atoms with Gasteiger partial charge in [0, 0.05) is 12.6 Å². The number of nitrogens with zero attached hydrogens (tertiary/aromatic N) is 6. The van der Waals surface area contributed by atoms with Gasteiger partial charge in [-0.15, -0.1) is 5.10 Å². The number of rotatable bonds is 4. The van der Waals surface area contributed by atoms with Crippen molar-refractivity contribution in [3.63, 3.8) is 0 Å². The maximum Gasteiger partial charge on any atom is 0.290 e. The summed E-state index contributed by atoms with van der Waals surface area (Å²) >= 11 is 0. The van der Waals surface area contributed by atoms with Crippen LogP contribution >= 0.6 is 0 Å². The zero-order chi connectivity index (χ0) is 19.9. The van der Waals surface area contributed by atoms with Crippen LogP contribution in [0.3, 0.4) is 0 Å². The van der Waals surface area contributed by atoms with Gasteiger partial charge >= 0.3 is 0 Å². The molecular weight excluding hydrogens is 362 g/mol. The Labute approximate surface area is 162 Å². The van der Waals surface area contributed by atoms with Crippen molar-refractivity contribution in [2.24, 2.45) is 0 Å². The Bertz CT molecular complexity index is 913. The van der Waals surface area contributed by atoms with Crippen molar-refractivity contribution in [3.05, 3.63) is 30.5 Å². The summed E-state index contributed by atoms with van der Waals surface area (Å²) in [7, 11) is 3.79. The molecule has 148 valence electrons. The Morgan fingerprint density at radius 1 is 1.32 bits per heavy atom. The first-order chi connectivity index (χ1) is 13.6. The molecular formula is C18H23N7O3. The van der Waals surface area contributed by atoms with E-state index in [0.717, 1.165) is 30.9 Å². The topological polar surface area (TPSA) is 118 Å². The van der Waals surface area contributed by atoms with Crippen LogP contribution in [0.15, 0.2) is 30.5 Å². The van der Waals surface area contributed by atoms with Gasteiger partial charge in [0.25, 0.3) is 6.47 Å². The van der Waals surface area contributed by atoms with E-state index in [9.17, 15) is 0 Å². The molecule has 4 rings (SSSR count). The lowest BCUT2D eigenvalue weighted by Crippen LogP contribution is -2.40. The van der Waals surface area contributed by atoms with Crippen molar-refractivity contribution in [1.82, 2.24) is 29.9 Å². The van der Waals surface area contributed by atoms with E-state index in [-0.39, 0.29) is 6.47 Å². The fourth-order valence-corrected chi connectivity index (χ4v) is 3.16. The monoisotopic (exact) mass is 385 g/mol. The predicted octanol–water partition coefficient (Wildman–Crippen LogP) is 1.43. The second kappa shape index (κ2) is 9.09. The molecule has 28 heavy (non-hydrogen) atoms. The quantitative estimate of drug-likeness (QED) is 0.643. The molecule has 1 aliphatic heterocycles. The highest BCUT2D eigenvalue weighted by Crippen LogP contribution is 2.19. The maximum atomic E-state index is 8.36. The van der Waals surface area contributed by atoms with Gasteiger partial charge in [-0.25, -0.2) is 4.98 Å². The van der Waals surface area contributed by atoms with Gasteiger partial charge in [-0.05, 0) is 50.7 Å². The molecule has 1 atom stereocenters. The Hall–Kier alpha value is -3.27. The van der Waals surface area contributed by atoms with E-state index in [2.05, 4.69) is 37.5 Å². The average molecular weight is 385 g/mol. The largest absolute Gasteiger partial charge is 0.497 e. The Balaban J connectivity index is 0.000000706. The van der Waals surface area contributed by atoms with Crippen LogP contribution in [0.5, 0.6) is 5.75 Å². The molecule has 10 nitrogen and oxygen atoms in total. The summed E-state index contributed by atoms with van der Waals surface area (Å²) in [5.74, 6) is 1.41. The van der Waals surface area contributed by atoms with Crippen molar-refractivity contribution in [3.8, 4) is 11.4 Å². The van der Waals surface area contributed by atoms with Crippen LogP contribution in [-0.4, -0.2) is 74.7 Å². The summed E-state index contributed by atoms with van der Waals surface area (Å²) in [5, 5.41) is 18.7. The predicted molar refractivity (Wildman–Crippen MR) is 104 cm³/mol. The summed E-state index contributed by atoms with van der Waals surface area (Å²) in [4.78, 5) is 19.7. The molecule has 0 saturated carbocycles. The molecule has 1 unspecified atom stereocenters. The molecule has 0 radical (unpaired) electrons. The molecule has 1 saturated heterocycles. The fraction of sp³-hybridized carbons (Fsp3) is 0.389. The number of piperidine rings is 1. The zero-order valence-corrected chi connectivity index (χ0v) is 15.8. The molecule has 1 aliphatic rings. The van der Waals surface area contributed by atoms with Gasteiger partial charge in [0.05, 0.1) is 19.0 Å². The van der Waals surface area contributed by atoms with Gasteiger partial charge in [0.1, 0.15) is 5.75 Å². The standard InChI is InChI=1S/C17H21N7O.CH2O2/c1-23-9-3-4-12(11-23)19-17-18-10-15-16(20-17)24(22-21-15)13-5-7-14(25-2)8-6-13;2-1-3/h5-8,10,12H,3-4,9,11H2,1-2H3,(H,18,19,20);1H,(H,2,3). The molecule has 10 heteroatoms. The highest BCUT2D eigenvalue weighted by molar-refractivity contribution is 5.72. The van der Waals surface area contributed by atoms with Crippen molar-refractivity contribution in [2.45, 2.75) is 18.9 Å². The summed E-state index contributed by atoms with van der Waals surface area (Å²) < 4.78 is 6.92. The molecule has 2 N–H and O–H groups in total. The first-order valence-electron chi connectivity index (χ1n) is 8.90. The summed E-state index contributed by atoms with van der Waals surface area (Å²) in [6.07, 6.45) is 4.02. The lowest BCUT2D eigenvalue weighted by atomic mass is 10.1. The fourth-order valence-electron chi connectivity index (χ4n) is 3.16. The third-order valence-electron chi connectivity index (χ3n) is 4.47. The maximum absolute atomic E-state index is 8.36. The number of methoxy groups -OCH3 is 1. The number of hydrogen-bond acceptors (Lipinski definition) is 8. The smallest absolute Gasteiger partial charge is 0.290 e. The molecule has 3 heterocycles. The van der Waals surface area contributed by atoms with Gasteiger partial charge in [-0.3, -0.25) is 4.79 Å². The molecule has 0 amide bonds. The van der Waals surface area contributed by atoms with Crippen LogP contribution in [0.25, 0.3) is 16.9 Å². The third kappa shape index (κ3) is 4.52. The SMILES string of the molecule is COc1ccc(-n2nnc3cnc(NC4CCCN(C)C4)nc32)cc1.O=CO. The minimum Gasteiger partial charge on any atom is -0.497 e. The molecule has 0 bridgehead atoms. The number of anilines is 1. The summed E-state index contributed by atoms with van der Waals surface area (Å²) in [6.45, 7) is 1.89. The number of carbonyl (C=O) groups is 1. The molecule has 3 aromatic rings. The van der Waals surface area contributed by atoms with Crippen LogP contribution in [-0.2, 0) is 4.79 Å². The molecule has 1 aromatic carbocycles. The van der Waals surface area contributed by atoms with Gasteiger partial charge in [0.2, 0.25) is 5.95 Å². The second-order valence-corrected chi connectivity index (χ2v) is 6.45. The number of ether oxygens (including phenoxy) is 1. The van der Waals surface area contributed by atoms with Crippen LogP contribution in [0.1, 0.15) is 12.8 Å². The molecule has 0 spiro atoms. The van der Waals surface area contributed by atoms with E-state index >= 15 is 0 Å². The van der Waals surface area contributed by atoms with Crippen molar-refractivity contribution >= 4 is 23.6 Å². The number of aromatic nitrogens is 5. The zero-order valence-electron chi connectivity index (χ0n) is 15.8. The van der Waals surface area contributed by atoms with E-state index in [1.807, 2.05) is 24.3 Å². The van der Waals surface area contributed by atoms with E-state index in [4.69, 9.17) is 14.6 Å². The third-order valence-corrected chi connectivity index (χ3v) is 4.47. The van der Waals surface area contributed by atoms with Crippen molar-refractivity contribution in [2.75, 3.05) is 32.6 Å².